The van der Waals surface area contributed by atoms with Crippen molar-refractivity contribution in [2.75, 3.05) is 19.5 Å². The number of benzene rings is 1. The SMILES string of the molecule is [2H]C1=C(C(=O)OC)O[C@@H]([C@H](OC(C)=O)[C@@H](COC(C)=O)OC(C)=O)[C@H](NC(C)=O)[C@H]1n1cc(-c2ccccc2N)nn1. The Balaban J connectivity index is 2.22. The fourth-order valence-corrected chi connectivity index (χ4v) is 4.17. The Morgan fingerprint density at radius 3 is 2.37 bits per heavy atom. The first-order chi connectivity index (χ1) is 19.8. The van der Waals surface area contributed by atoms with Gasteiger partial charge in [0.25, 0.3) is 0 Å². The number of nitrogens with one attached hydrogen (secondary N) is 1. The van der Waals surface area contributed by atoms with Gasteiger partial charge in [-0.15, -0.1) is 5.10 Å². The predicted molar refractivity (Wildman–Crippen MR) is 139 cm³/mol. The molecular formula is C26H31N5O10. The van der Waals surface area contributed by atoms with Gasteiger partial charge in [0.05, 0.1) is 26.8 Å². The Hall–Kier alpha value is -4.95. The lowest BCUT2D eigenvalue weighted by Gasteiger charge is -2.41. The number of amides is 1. The first-order valence-electron chi connectivity index (χ1n) is 12.8. The fourth-order valence-electron chi connectivity index (χ4n) is 4.17. The Morgan fingerprint density at radius 2 is 1.78 bits per heavy atom. The van der Waals surface area contributed by atoms with Crippen LogP contribution in [0.3, 0.4) is 0 Å². The molecule has 1 amide bonds. The lowest BCUT2D eigenvalue weighted by molar-refractivity contribution is -0.188. The summed E-state index contributed by atoms with van der Waals surface area (Å²) in [5, 5.41) is 10.9. The largest absolute Gasteiger partial charge is 0.477 e. The van der Waals surface area contributed by atoms with Crippen LogP contribution >= 0.6 is 0 Å². The van der Waals surface area contributed by atoms with Crippen molar-refractivity contribution in [3.8, 4) is 11.3 Å². The molecule has 1 aliphatic rings. The number of ether oxygens (including phenoxy) is 5. The molecule has 5 atom stereocenters. The monoisotopic (exact) mass is 574 g/mol. The van der Waals surface area contributed by atoms with Crippen molar-refractivity contribution in [2.24, 2.45) is 0 Å². The zero-order valence-corrected chi connectivity index (χ0v) is 23.0. The van der Waals surface area contributed by atoms with E-state index in [9.17, 15) is 24.0 Å². The average molecular weight is 575 g/mol. The van der Waals surface area contributed by atoms with Gasteiger partial charge in [-0.05, 0) is 12.1 Å². The van der Waals surface area contributed by atoms with Gasteiger partial charge in [-0.3, -0.25) is 19.2 Å². The quantitative estimate of drug-likeness (QED) is 0.225. The number of nitrogens with zero attached hydrogens (tertiary/aromatic N) is 3. The van der Waals surface area contributed by atoms with Crippen LogP contribution in [0.25, 0.3) is 11.3 Å². The topological polar surface area (TPSA) is 200 Å². The van der Waals surface area contributed by atoms with Gasteiger partial charge in [0, 0.05) is 38.9 Å². The summed E-state index contributed by atoms with van der Waals surface area (Å²) in [4.78, 5) is 61.0. The molecule has 15 heteroatoms. The van der Waals surface area contributed by atoms with E-state index in [0.29, 0.717) is 16.9 Å². The molecule has 0 saturated carbocycles. The standard InChI is InChI=1S/C26H31N5O10/c1-13(32)28-23-20(31-11-19(29-30-31)17-8-6-7-9-18(17)27)10-21(26(36)37-5)41-25(23)24(40-16(4)35)22(39-15(3)34)12-38-14(2)33/h6-11,20,22-25H,12,27H2,1-5H3,(H,28,32)/t20-,22+,23+,24+,25+/m0/s1/i10D. The van der Waals surface area contributed by atoms with Crippen molar-refractivity contribution in [2.45, 2.75) is 58.1 Å². The van der Waals surface area contributed by atoms with E-state index in [1.54, 1.807) is 24.3 Å². The number of rotatable bonds is 10. The highest BCUT2D eigenvalue weighted by atomic mass is 16.6. The van der Waals surface area contributed by atoms with Crippen LogP contribution in [0.15, 0.2) is 42.3 Å². The van der Waals surface area contributed by atoms with Crippen LogP contribution in [-0.2, 0) is 47.7 Å². The van der Waals surface area contributed by atoms with E-state index >= 15 is 0 Å². The molecular weight excluding hydrogens is 542 g/mol. The van der Waals surface area contributed by atoms with Crippen LogP contribution in [0, 0.1) is 0 Å². The second-order valence-corrected chi connectivity index (χ2v) is 8.91. The Kier molecular flexibility index (Phi) is 9.50. The van der Waals surface area contributed by atoms with Crippen LogP contribution < -0.4 is 11.1 Å². The number of hydrogen-bond donors (Lipinski definition) is 2. The van der Waals surface area contributed by atoms with Crippen molar-refractivity contribution in [3.63, 3.8) is 0 Å². The van der Waals surface area contributed by atoms with Gasteiger partial charge in [0.1, 0.15) is 12.3 Å². The maximum Gasteiger partial charge on any atom is 0.373 e. The number of carbonyl (C=O) groups excluding carboxylic acids is 5. The maximum atomic E-state index is 12.8. The van der Waals surface area contributed by atoms with Gasteiger partial charge in [-0.2, -0.15) is 0 Å². The zero-order valence-electron chi connectivity index (χ0n) is 24.0. The first-order valence-corrected chi connectivity index (χ1v) is 12.3. The van der Waals surface area contributed by atoms with Crippen LogP contribution in [0.1, 0.15) is 35.1 Å². The molecule has 3 rings (SSSR count). The molecule has 0 bridgehead atoms. The summed E-state index contributed by atoms with van der Waals surface area (Å²) in [7, 11) is 1.06. The molecule has 2 aromatic rings. The molecule has 0 spiro atoms. The third kappa shape index (κ3) is 7.80. The number of nitrogens with two attached hydrogens (primary N) is 1. The van der Waals surface area contributed by atoms with Gasteiger partial charge in [0.15, 0.2) is 18.3 Å². The minimum absolute atomic E-state index is 0.314. The number of methoxy groups -OCH3 is 1. The van der Waals surface area contributed by atoms with E-state index in [2.05, 4.69) is 15.6 Å². The first kappa shape index (κ1) is 29.0. The predicted octanol–water partition coefficient (Wildman–Crippen LogP) is 0.455. The number of esters is 4. The molecule has 3 N–H and O–H groups in total. The minimum atomic E-state index is -1.58. The normalized spacial score (nSPS) is 20.0. The molecule has 0 aliphatic carbocycles. The highest BCUT2D eigenvalue weighted by Gasteiger charge is 2.48. The van der Waals surface area contributed by atoms with Gasteiger partial charge in [-0.1, -0.05) is 23.4 Å². The van der Waals surface area contributed by atoms with Crippen molar-refractivity contribution in [1.82, 2.24) is 20.3 Å². The van der Waals surface area contributed by atoms with E-state index < -0.39 is 78.6 Å². The molecule has 2 heterocycles. The summed E-state index contributed by atoms with van der Waals surface area (Å²) in [6, 6.07) is 3.79. The third-order valence-electron chi connectivity index (χ3n) is 5.76. The molecule has 1 aliphatic heterocycles. The molecule has 1 aromatic carbocycles. The molecule has 0 radical (unpaired) electrons. The second kappa shape index (κ2) is 13.4. The van der Waals surface area contributed by atoms with E-state index in [1.807, 2.05) is 0 Å². The molecule has 15 nitrogen and oxygen atoms in total. The van der Waals surface area contributed by atoms with Gasteiger partial charge >= 0.3 is 23.9 Å². The second-order valence-electron chi connectivity index (χ2n) is 8.91. The van der Waals surface area contributed by atoms with Crippen molar-refractivity contribution in [3.05, 3.63) is 42.3 Å². The summed E-state index contributed by atoms with van der Waals surface area (Å²) in [6.45, 7) is 3.88. The third-order valence-corrected chi connectivity index (χ3v) is 5.76. The number of para-hydroxylation sites is 1. The van der Waals surface area contributed by atoms with Gasteiger partial charge in [0.2, 0.25) is 11.7 Å². The van der Waals surface area contributed by atoms with E-state index in [-0.39, 0.29) is 0 Å². The number of nitrogen functional groups attached to an aromatic ring is 1. The number of aromatic nitrogens is 3. The highest BCUT2D eigenvalue weighted by Crippen LogP contribution is 2.33. The van der Waals surface area contributed by atoms with Crippen LogP contribution in [0.2, 0.25) is 0 Å². The zero-order chi connectivity index (χ0) is 31.1. The summed E-state index contributed by atoms with van der Waals surface area (Å²) < 4.78 is 36.6. The maximum absolute atomic E-state index is 12.8. The van der Waals surface area contributed by atoms with Gasteiger partial charge < -0.3 is 34.7 Å². The average Bonchev–Trinajstić information content (AvgIpc) is 3.38. The Bertz CT molecular complexity index is 1390. The van der Waals surface area contributed by atoms with E-state index in [1.165, 1.54) is 17.8 Å². The Morgan fingerprint density at radius 1 is 1.10 bits per heavy atom. The van der Waals surface area contributed by atoms with Crippen molar-refractivity contribution in [1.29, 1.82) is 0 Å². The summed E-state index contributed by atoms with van der Waals surface area (Å²) >= 11 is 0. The van der Waals surface area contributed by atoms with E-state index in [0.717, 1.165) is 27.9 Å². The molecule has 41 heavy (non-hydrogen) atoms. The number of hydrogen-bond acceptors (Lipinski definition) is 13. The fraction of sp³-hybridized carbons (Fsp3) is 0.423. The highest BCUT2D eigenvalue weighted by molar-refractivity contribution is 5.86. The summed E-state index contributed by atoms with van der Waals surface area (Å²) in [6.07, 6.45) is -3.11. The number of carbonyl (C=O) groups is 5. The van der Waals surface area contributed by atoms with Crippen LogP contribution in [-0.4, -0.2) is 82.8 Å². The summed E-state index contributed by atoms with van der Waals surface area (Å²) in [5.74, 6) is -4.66. The van der Waals surface area contributed by atoms with Crippen LogP contribution in [0.5, 0.6) is 0 Å². The molecule has 0 unspecified atom stereocenters. The lowest BCUT2D eigenvalue weighted by atomic mass is 9.91. The molecule has 1 aromatic heterocycles. The van der Waals surface area contributed by atoms with E-state index in [4.69, 9.17) is 30.8 Å². The molecule has 220 valence electrons. The minimum Gasteiger partial charge on any atom is -0.477 e. The lowest BCUT2D eigenvalue weighted by Crippen LogP contribution is -2.60. The summed E-state index contributed by atoms with van der Waals surface area (Å²) in [5.41, 5.74) is 7.32. The van der Waals surface area contributed by atoms with Crippen molar-refractivity contribution < 1.29 is 49.0 Å². The van der Waals surface area contributed by atoms with Crippen LogP contribution in [0.4, 0.5) is 5.69 Å². The molecule has 0 saturated heterocycles. The van der Waals surface area contributed by atoms with Crippen molar-refractivity contribution >= 4 is 35.5 Å². The number of anilines is 1. The molecule has 0 fully saturated rings. The Labute approximate surface area is 236 Å². The smallest absolute Gasteiger partial charge is 0.373 e. The van der Waals surface area contributed by atoms with Gasteiger partial charge in [-0.25, -0.2) is 9.48 Å².